The molecule has 2 aliphatic rings. The molecule has 1 saturated carbocycles. The minimum atomic E-state index is 0.656. The van der Waals surface area contributed by atoms with E-state index in [1.54, 1.807) is 5.56 Å². The maximum Gasteiger partial charge on any atom is -0.00461 e. The number of piperidine rings is 1. The van der Waals surface area contributed by atoms with Crippen molar-refractivity contribution in [2.75, 3.05) is 13.1 Å². The van der Waals surface area contributed by atoms with Crippen molar-refractivity contribution < 1.29 is 0 Å². The van der Waals surface area contributed by atoms with Gasteiger partial charge in [0.2, 0.25) is 0 Å². The second-order valence-electron chi connectivity index (χ2n) is 5.90. The Morgan fingerprint density at radius 2 is 1.76 bits per heavy atom. The zero-order chi connectivity index (χ0) is 11.6. The Morgan fingerprint density at radius 1 is 1.06 bits per heavy atom. The van der Waals surface area contributed by atoms with Gasteiger partial charge in [0.05, 0.1) is 0 Å². The first-order valence-corrected chi connectivity index (χ1v) is 7.14. The lowest BCUT2D eigenvalue weighted by Crippen LogP contribution is -2.44. The van der Waals surface area contributed by atoms with Crippen molar-refractivity contribution in [1.29, 1.82) is 0 Å². The van der Waals surface area contributed by atoms with Crippen LogP contribution in [0.2, 0.25) is 0 Å². The molecule has 1 nitrogen and oxygen atoms in total. The number of hydrogen-bond donors (Lipinski definition) is 1. The molecule has 92 valence electrons. The van der Waals surface area contributed by atoms with Crippen molar-refractivity contribution in [2.45, 2.75) is 38.5 Å². The van der Waals surface area contributed by atoms with Gasteiger partial charge in [0, 0.05) is 0 Å². The highest BCUT2D eigenvalue weighted by Crippen LogP contribution is 2.52. The van der Waals surface area contributed by atoms with E-state index in [0.29, 0.717) is 5.41 Å². The third-order valence-electron chi connectivity index (χ3n) is 4.95. The summed E-state index contributed by atoms with van der Waals surface area (Å²) in [5.74, 6) is 0.970. The standard InChI is InChI=1S/C16H23N/c1-2-5-14(6-3-1)13-16(9-4-10-16)15-7-11-17-12-8-15/h1-3,5-6,15,17H,4,7-13H2. The summed E-state index contributed by atoms with van der Waals surface area (Å²) in [6, 6.07) is 11.1. The lowest BCUT2D eigenvalue weighted by molar-refractivity contribution is 0.0301. The summed E-state index contributed by atoms with van der Waals surface area (Å²) in [6.07, 6.45) is 8.49. The molecule has 0 spiro atoms. The molecule has 1 aliphatic carbocycles. The summed E-state index contributed by atoms with van der Waals surface area (Å²) < 4.78 is 0. The summed E-state index contributed by atoms with van der Waals surface area (Å²) in [7, 11) is 0. The Balaban J connectivity index is 1.73. The van der Waals surface area contributed by atoms with E-state index >= 15 is 0 Å². The largest absolute Gasteiger partial charge is 0.317 e. The number of benzene rings is 1. The molecule has 2 fully saturated rings. The van der Waals surface area contributed by atoms with E-state index in [1.165, 1.54) is 51.6 Å². The average Bonchev–Trinajstić information content (AvgIpc) is 2.36. The van der Waals surface area contributed by atoms with Gasteiger partial charge in [0.25, 0.3) is 0 Å². The molecule has 0 bridgehead atoms. The fourth-order valence-electron chi connectivity index (χ4n) is 3.80. The summed E-state index contributed by atoms with van der Waals surface area (Å²) in [5.41, 5.74) is 2.20. The minimum Gasteiger partial charge on any atom is -0.317 e. The zero-order valence-electron chi connectivity index (χ0n) is 10.6. The topological polar surface area (TPSA) is 12.0 Å². The maximum absolute atomic E-state index is 3.50. The molecule has 0 radical (unpaired) electrons. The fraction of sp³-hybridized carbons (Fsp3) is 0.625. The molecular formula is C16H23N. The molecule has 1 heteroatoms. The third kappa shape index (κ3) is 2.26. The number of rotatable bonds is 3. The van der Waals surface area contributed by atoms with Crippen LogP contribution in [0.4, 0.5) is 0 Å². The fourth-order valence-corrected chi connectivity index (χ4v) is 3.80. The second-order valence-corrected chi connectivity index (χ2v) is 5.90. The summed E-state index contributed by atoms with van der Waals surface area (Å²) >= 11 is 0. The van der Waals surface area contributed by atoms with Crippen LogP contribution >= 0.6 is 0 Å². The molecular weight excluding hydrogens is 206 g/mol. The van der Waals surface area contributed by atoms with Gasteiger partial charge in [-0.25, -0.2) is 0 Å². The monoisotopic (exact) mass is 229 g/mol. The van der Waals surface area contributed by atoms with Crippen LogP contribution in [-0.4, -0.2) is 13.1 Å². The van der Waals surface area contributed by atoms with Crippen LogP contribution in [-0.2, 0) is 6.42 Å². The van der Waals surface area contributed by atoms with Gasteiger partial charge < -0.3 is 5.32 Å². The highest BCUT2D eigenvalue weighted by molar-refractivity contribution is 5.18. The Kier molecular flexibility index (Phi) is 3.19. The van der Waals surface area contributed by atoms with Gasteiger partial charge >= 0.3 is 0 Å². The lowest BCUT2D eigenvalue weighted by Gasteiger charge is -2.50. The predicted molar refractivity (Wildman–Crippen MR) is 72.0 cm³/mol. The first kappa shape index (κ1) is 11.3. The molecule has 17 heavy (non-hydrogen) atoms. The molecule has 0 amide bonds. The van der Waals surface area contributed by atoms with Crippen molar-refractivity contribution in [1.82, 2.24) is 5.32 Å². The van der Waals surface area contributed by atoms with Crippen LogP contribution in [0.5, 0.6) is 0 Å². The van der Waals surface area contributed by atoms with Gasteiger partial charge in [-0.15, -0.1) is 0 Å². The lowest BCUT2D eigenvalue weighted by atomic mass is 9.56. The van der Waals surface area contributed by atoms with Gasteiger partial charge in [0.15, 0.2) is 0 Å². The Labute approximate surface area is 105 Å². The van der Waals surface area contributed by atoms with Crippen molar-refractivity contribution >= 4 is 0 Å². The van der Waals surface area contributed by atoms with Crippen LogP contribution in [0.25, 0.3) is 0 Å². The van der Waals surface area contributed by atoms with Crippen molar-refractivity contribution in [3.63, 3.8) is 0 Å². The molecule has 1 aliphatic heterocycles. The molecule has 0 unspecified atom stereocenters. The van der Waals surface area contributed by atoms with Crippen LogP contribution in [0.15, 0.2) is 30.3 Å². The molecule has 1 aromatic carbocycles. The summed E-state index contributed by atoms with van der Waals surface area (Å²) in [4.78, 5) is 0. The zero-order valence-corrected chi connectivity index (χ0v) is 10.6. The van der Waals surface area contributed by atoms with Crippen LogP contribution in [0.3, 0.4) is 0 Å². The van der Waals surface area contributed by atoms with E-state index in [4.69, 9.17) is 0 Å². The minimum absolute atomic E-state index is 0.656. The van der Waals surface area contributed by atoms with Crippen molar-refractivity contribution in [3.8, 4) is 0 Å². The highest BCUT2D eigenvalue weighted by Gasteiger charge is 2.43. The smallest absolute Gasteiger partial charge is 0.00461 e. The molecule has 1 saturated heterocycles. The third-order valence-corrected chi connectivity index (χ3v) is 4.95. The van der Waals surface area contributed by atoms with Gasteiger partial charge in [-0.1, -0.05) is 36.8 Å². The molecule has 1 aromatic rings. The van der Waals surface area contributed by atoms with E-state index in [0.717, 1.165) is 5.92 Å². The van der Waals surface area contributed by atoms with Crippen molar-refractivity contribution in [2.24, 2.45) is 11.3 Å². The van der Waals surface area contributed by atoms with Crippen LogP contribution in [0.1, 0.15) is 37.7 Å². The second kappa shape index (κ2) is 4.81. The summed E-state index contributed by atoms with van der Waals surface area (Å²) in [5, 5.41) is 3.50. The highest BCUT2D eigenvalue weighted by atomic mass is 14.9. The van der Waals surface area contributed by atoms with Gasteiger partial charge in [-0.3, -0.25) is 0 Å². The number of hydrogen-bond acceptors (Lipinski definition) is 1. The van der Waals surface area contributed by atoms with E-state index in [-0.39, 0.29) is 0 Å². The molecule has 1 heterocycles. The van der Waals surface area contributed by atoms with E-state index < -0.39 is 0 Å². The van der Waals surface area contributed by atoms with E-state index in [9.17, 15) is 0 Å². The molecule has 1 N–H and O–H groups in total. The van der Waals surface area contributed by atoms with Gasteiger partial charge in [0.1, 0.15) is 0 Å². The molecule has 3 rings (SSSR count). The normalized spacial score (nSPS) is 24.2. The Morgan fingerprint density at radius 3 is 2.35 bits per heavy atom. The van der Waals surface area contributed by atoms with E-state index in [2.05, 4.69) is 35.6 Å². The van der Waals surface area contributed by atoms with Crippen LogP contribution in [0, 0.1) is 11.3 Å². The van der Waals surface area contributed by atoms with Crippen LogP contribution < -0.4 is 5.32 Å². The van der Waals surface area contributed by atoms with Gasteiger partial charge in [-0.2, -0.15) is 0 Å². The quantitative estimate of drug-likeness (QED) is 0.837. The SMILES string of the molecule is c1ccc(CC2(C3CCNCC3)CCC2)cc1. The van der Waals surface area contributed by atoms with Gasteiger partial charge in [-0.05, 0) is 62.1 Å². The first-order valence-electron chi connectivity index (χ1n) is 7.14. The van der Waals surface area contributed by atoms with E-state index in [1.807, 2.05) is 0 Å². The Bertz CT molecular complexity index is 347. The molecule has 0 aromatic heterocycles. The molecule has 0 atom stereocenters. The summed E-state index contributed by atoms with van der Waals surface area (Å²) in [6.45, 7) is 2.47. The predicted octanol–water partition coefficient (Wildman–Crippen LogP) is 3.40. The first-order chi connectivity index (χ1) is 8.39. The van der Waals surface area contributed by atoms with Crippen molar-refractivity contribution in [3.05, 3.63) is 35.9 Å². The number of nitrogens with one attached hydrogen (secondary N) is 1. The maximum atomic E-state index is 3.50. The average molecular weight is 229 g/mol. The Hall–Kier alpha value is -0.820.